The third-order valence-corrected chi connectivity index (χ3v) is 2.26. The van der Waals surface area contributed by atoms with E-state index >= 15 is 0 Å². The summed E-state index contributed by atoms with van der Waals surface area (Å²) in [5.74, 6) is -0.123. The molecule has 1 heterocycles. The Balaban J connectivity index is 2.65. The van der Waals surface area contributed by atoms with Crippen molar-refractivity contribution in [1.82, 2.24) is 9.97 Å². The number of methoxy groups -OCH3 is 2. The predicted octanol–water partition coefficient (Wildman–Crippen LogP) is 1.40. The van der Waals surface area contributed by atoms with Gasteiger partial charge in [0.15, 0.2) is 0 Å². The van der Waals surface area contributed by atoms with E-state index in [2.05, 4.69) is 20.0 Å². The predicted molar refractivity (Wildman–Crippen MR) is 62.9 cm³/mol. The number of aromatic nitrogens is 2. The molecule has 0 aliphatic carbocycles. The Labute approximate surface area is 109 Å². The molecule has 1 aromatic heterocycles. The average Bonchev–Trinajstić information content (AvgIpc) is 2.39. The molecule has 0 aliphatic heterocycles. The molecule has 1 N–H and O–H groups in total. The van der Waals surface area contributed by atoms with Gasteiger partial charge in [0.1, 0.15) is 11.5 Å². The molecular weight excluding hydrogens is 260 g/mol. The molecule has 0 unspecified atom stereocenters. The molecule has 0 spiro atoms. The first kappa shape index (κ1) is 15.2. The van der Waals surface area contributed by atoms with E-state index < -0.39 is 18.1 Å². The minimum atomic E-state index is -2.66. The second-order valence-corrected chi connectivity index (χ2v) is 3.70. The molecule has 0 bridgehead atoms. The van der Waals surface area contributed by atoms with E-state index in [1.54, 1.807) is 0 Å². The van der Waals surface area contributed by atoms with E-state index in [4.69, 9.17) is 4.74 Å². The van der Waals surface area contributed by atoms with Crippen molar-refractivity contribution in [3.05, 3.63) is 18.1 Å². The molecule has 6 nitrogen and oxygen atoms in total. The number of hydrogen-bond acceptors (Lipinski definition) is 6. The Bertz CT molecular complexity index is 401. The van der Waals surface area contributed by atoms with Crippen LogP contribution in [0.15, 0.2) is 12.4 Å². The lowest BCUT2D eigenvalue weighted by Crippen LogP contribution is -2.29. The van der Waals surface area contributed by atoms with Gasteiger partial charge in [-0.2, -0.15) is 0 Å². The number of ether oxygens (including phenoxy) is 2. The van der Waals surface area contributed by atoms with Crippen molar-refractivity contribution in [2.24, 2.45) is 0 Å². The number of carbonyl (C=O) groups excluding carboxylic acids is 1. The molecule has 0 amide bonds. The van der Waals surface area contributed by atoms with Crippen LogP contribution in [0.2, 0.25) is 0 Å². The Kier molecular flexibility index (Phi) is 6.07. The van der Waals surface area contributed by atoms with E-state index in [0.29, 0.717) is 0 Å². The van der Waals surface area contributed by atoms with Crippen LogP contribution in [-0.4, -0.2) is 42.8 Å². The molecule has 1 atom stereocenters. The van der Waals surface area contributed by atoms with Gasteiger partial charge in [-0.05, 0) is 0 Å². The fraction of sp³-hybridized carbons (Fsp3) is 0.545. The Morgan fingerprint density at radius 2 is 2.11 bits per heavy atom. The third kappa shape index (κ3) is 5.12. The summed E-state index contributed by atoms with van der Waals surface area (Å²) in [7, 11) is 2.76. The normalized spacial score (nSPS) is 12.3. The van der Waals surface area contributed by atoms with Crippen molar-refractivity contribution in [3.8, 4) is 0 Å². The highest BCUT2D eigenvalue weighted by Crippen LogP contribution is 2.16. The number of alkyl halides is 2. The van der Waals surface area contributed by atoms with Crippen molar-refractivity contribution in [3.63, 3.8) is 0 Å². The zero-order chi connectivity index (χ0) is 14.3. The fourth-order valence-electron chi connectivity index (χ4n) is 1.37. The van der Waals surface area contributed by atoms with Gasteiger partial charge in [0.25, 0.3) is 6.43 Å². The second kappa shape index (κ2) is 7.57. The van der Waals surface area contributed by atoms with Crippen molar-refractivity contribution < 1.29 is 23.0 Å². The fourth-order valence-corrected chi connectivity index (χ4v) is 1.37. The van der Waals surface area contributed by atoms with Crippen molar-refractivity contribution in [2.45, 2.75) is 18.9 Å². The lowest BCUT2D eigenvalue weighted by molar-refractivity contribution is -0.141. The number of hydrogen-bond donors (Lipinski definition) is 1. The van der Waals surface area contributed by atoms with Gasteiger partial charge in [-0.15, -0.1) is 0 Å². The van der Waals surface area contributed by atoms with Crippen molar-refractivity contribution >= 4 is 11.8 Å². The summed E-state index contributed by atoms with van der Waals surface area (Å²) >= 11 is 0. The zero-order valence-electron chi connectivity index (χ0n) is 10.6. The van der Waals surface area contributed by atoms with Crippen molar-refractivity contribution in [2.75, 3.05) is 26.1 Å². The smallest absolute Gasteiger partial charge is 0.307 e. The van der Waals surface area contributed by atoms with Gasteiger partial charge < -0.3 is 14.8 Å². The molecule has 0 fully saturated rings. The molecule has 0 aliphatic rings. The molecule has 8 heteroatoms. The number of nitrogens with one attached hydrogen (secondary N) is 1. The Hall–Kier alpha value is -1.83. The summed E-state index contributed by atoms with van der Waals surface area (Å²) in [6.07, 6.45) is -0.426. The number of carbonyl (C=O) groups is 1. The first-order chi connectivity index (χ1) is 9.06. The van der Waals surface area contributed by atoms with Crippen LogP contribution >= 0.6 is 0 Å². The van der Waals surface area contributed by atoms with Crippen LogP contribution in [0.25, 0.3) is 0 Å². The van der Waals surface area contributed by atoms with Gasteiger partial charge in [0, 0.05) is 7.11 Å². The summed E-state index contributed by atoms with van der Waals surface area (Å²) in [5, 5.41) is 2.87. The molecule has 0 saturated carbocycles. The number of esters is 1. The number of rotatable bonds is 7. The average molecular weight is 275 g/mol. The van der Waals surface area contributed by atoms with E-state index in [1.165, 1.54) is 20.4 Å². The van der Waals surface area contributed by atoms with E-state index in [0.717, 1.165) is 6.20 Å². The summed E-state index contributed by atoms with van der Waals surface area (Å²) < 4.78 is 34.1. The SMILES string of the molecule is COC[C@@H](CC(=O)OC)Nc1cnc(C(F)F)cn1. The summed E-state index contributed by atoms with van der Waals surface area (Å²) in [6, 6.07) is -0.371. The largest absolute Gasteiger partial charge is 0.469 e. The quantitative estimate of drug-likeness (QED) is 0.758. The molecule has 0 aromatic carbocycles. The van der Waals surface area contributed by atoms with Crippen LogP contribution in [-0.2, 0) is 14.3 Å². The lowest BCUT2D eigenvalue weighted by Gasteiger charge is -2.17. The lowest BCUT2D eigenvalue weighted by atomic mass is 10.2. The molecule has 0 radical (unpaired) electrons. The Morgan fingerprint density at radius 3 is 2.58 bits per heavy atom. The van der Waals surface area contributed by atoms with Gasteiger partial charge in [0.2, 0.25) is 0 Å². The van der Waals surface area contributed by atoms with Crippen LogP contribution in [0.1, 0.15) is 18.5 Å². The first-order valence-electron chi connectivity index (χ1n) is 5.49. The van der Waals surface area contributed by atoms with Gasteiger partial charge in [-0.25, -0.2) is 18.7 Å². The standard InChI is InChI=1S/C11H15F2N3O3/c1-18-6-7(3-10(17)19-2)16-9-5-14-8(4-15-9)11(12)13/h4-5,7,11H,3,6H2,1-2H3,(H,15,16)/t7-/m1/s1. The number of anilines is 1. The van der Waals surface area contributed by atoms with E-state index in [9.17, 15) is 13.6 Å². The molecule has 1 aromatic rings. The van der Waals surface area contributed by atoms with Gasteiger partial charge >= 0.3 is 5.97 Å². The highest BCUT2D eigenvalue weighted by atomic mass is 19.3. The molecular formula is C11H15F2N3O3. The van der Waals surface area contributed by atoms with Crippen molar-refractivity contribution in [1.29, 1.82) is 0 Å². The monoisotopic (exact) mass is 275 g/mol. The number of nitrogens with zero attached hydrogens (tertiary/aromatic N) is 2. The Morgan fingerprint density at radius 1 is 1.37 bits per heavy atom. The highest BCUT2D eigenvalue weighted by molar-refractivity contribution is 5.70. The first-order valence-corrected chi connectivity index (χ1v) is 5.49. The van der Waals surface area contributed by atoms with Crippen LogP contribution in [0.4, 0.5) is 14.6 Å². The summed E-state index contributed by atoms with van der Waals surface area (Å²) in [4.78, 5) is 18.5. The minimum absolute atomic E-state index is 0.0720. The third-order valence-electron chi connectivity index (χ3n) is 2.26. The number of halogens is 2. The molecule has 1 rings (SSSR count). The van der Waals surface area contributed by atoms with Gasteiger partial charge in [-0.3, -0.25) is 4.79 Å². The van der Waals surface area contributed by atoms with E-state index in [-0.39, 0.29) is 24.9 Å². The van der Waals surface area contributed by atoms with Gasteiger partial charge in [0.05, 0.1) is 38.6 Å². The minimum Gasteiger partial charge on any atom is -0.469 e. The summed E-state index contributed by atoms with van der Waals surface area (Å²) in [6.45, 7) is 0.243. The van der Waals surface area contributed by atoms with Crippen LogP contribution < -0.4 is 5.32 Å². The second-order valence-electron chi connectivity index (χ2n) is 3.70. The highest BCUT2D eigenvalue weighted by Gasteiger charge is 2.15. The maximum absolute atomic E-state index is 12.3. The van der Waals surface area contributed by atoms with Crippen LogP contribution in [0, 0.1) is 0 Å². The van der Waals surface area contributed by atoms with E-state index in [1.807, 2.05) is 0 Å². The van der Waals surface area contributed by atoms with Crippen LogP contribution in [0.3, 0.4) is 0 Å². The van der Waals surface area contributed by atoms with Crippen LogP contribution in [0.5, 0.6) is 0 Å². The zero-order valence-corrected chi connectivity index (χ0v) is 10.6. The summed E-state index contributed by atoms with van der Waals surface area (Å²) in [5.41, 5.74) is -0.401. The maximum atomic E-state index is 12.3. The topological polar surface area (TPSA) is 73.3 Å². The molecule has 0 saturated heterocycles. The van der Waals surface area contributed by atoms with Gasteiger partial charge in [-0.1, -0.05) is 0 Å². The maximum Gasteiger partial charge on any atom is 0.307 e. The molecule has 19 heavy (non-hydrogen) atoms. The molecule has 106 valence electrons.